The third kappa shape index (κ3) is 7.96. The van der Waals surface area contributed by atoms with Gasteiger partial charge in [-0.05, 0) is 55.2 Å². The quantitative estimate of drug-likeness (QED) is 0.342. The van der Waals surface area contributed by atoms with Crippen LogP contribution in [0.2, 0.25) is 0 Å². The zero-order valence-corrected chi connectivity index (χ0v) is 22.1. The van der Waals surface area contributed by atoms with Gasteiger partial charge in [0.05, 0.1) is 0 Å². The molecule has 2 atom stereocenters. The summed E-state index contributed by atoms with van der Waals surface area (Å²) in [7, 11) is 0. The molecule has 0 aromatic heterocycles. The van der Waals surface area contributed by atoms with Crippen molar-refractivity contribution >= 4 is 27.7 Å². The van der Waals surface area contributed by atoms with Gasteiger partial charge in [-0.25, -0.2) is 0 Å². The molecule has 3 aromatic rings. The second-order valence-electron chi connectivity index (χ2n) is 8.73. The fraction of sp³-hybridized carbons (Fsp3) is 0.310. The molecule has 2 amide bonds. The first-order valence-corrected chi connectivity index (χ1v) is 12.7. The Bertz CT molecular complexity index is 1110. The number of amides is 2. The van der Waals surface area contributed by atoms with Gasteiger partial charge in [-0.15, -0.1) is 0 Å². The molecule has 1 N–H and O–H groups in total. The number of aryl methyl sites for hydroxylation is 1. The number of rotatable bonds is 11. The summed E-state index contributed by atoms with van der Waals surface area (Å²) in [5, 5.41) is 3.08. The van der Waals surface area contributed by atoms with Gasteiger partial charge in [0.25, 0.3) is 5.91 Å². The lowest BCUT2D eigenvalue weighted by atomic mass is 10.0. The summed E-state index contributed by atoms with van der Waals surface area (Å²) in [5.74, 6) is 0.212. The molecule has 0 fully saturated rings. The Hall–Kier alpha value is -3.12. The normalized spacial score (nSPS) is 12.5. The molecule has 3 aromatic carbocycles. The first kappa shape index (κ1) is 26.5. The highest BCUT2D eigenvalue weighted by molar-refractivity contribution is 9.10. The molecule has 0 aliphatic carbocycles. The van der Waals surface area contributed by atoms with Crippen LogP contribution >= 0.6 is 15.9 Å². The van der Waals surface area contributed by atoms with Crippen LogP contribution in [-0.4, -0.2) is 35.4 Å². The molecule has 0 heterocycles. The van der Waals surface area contributed by atoms with Crippen LogP contribution in [0.15, 0.2) is 83.3 Å². The van der Waals surface area contributed by atoms with Crippen molar-refractivity contribution in [2.45, 2.75) is 52.2 Å². The Morgan fingerprint density at radius 1 is 0.971 bits per heavy atom. The summed E-state index contributed by atoms with van der Waals surface area (Å²) in [6.07, 6.45) is 1.22. The Labute approximate surface area is 216 Å². The van der Waals surface area contributed by atoms with E-state index in [2.05, 4.69) is 21.2 Å². The Morgan fingerprint density at radius 3 is 2.20 bits per heavy atom. The average molecular weight is 537 g/mol. The zero-order chi connectivity index (χ0) is 25.2. The molecular formula is C29H33BrN2O3. The number of nitrogens with zero attached hydrogens (tertiary/aromatic N) is 1. The van der Waals surface area contributed by atoms with Crippen molar-refractivity contribution in [2.75, 3.05) is 6.61 Å². The Kier molecular flexibility index (Phi) is 9.91. The topological polar surface area (TPSA) is 58.6 Å². The number of ether oxygens (including phenoxy) is 1. The molecule has 0 saturated heterocycles. The van der Waals surface area contributed by atoms with Gasteiger partial charge in [0.15, 0.2) is 6.61 Å². The number of nitrogens with one attached hydrogen (secondary N) is 1. The average Bonchev–Trinajstić information content (AvgIpc) is 2.87. The summed E-state index contributed by atoms with van der Waals surface area (Å²) >= 11 is 3.49. The second-order valence-corrected chi connectivity index (χ2v) is 9.58. The summed E-state index contributed by atoms with van der Waals surface area (Å²) in [6, 6.07) is 24.5. The van der Waals surface area contributed by atoms with Crippen LogP contribution in [0.3, 0.4) is 0 Å². The minimum absolute atomic E-state index is 0.0106. The first-order valence-electron chi connectivity index (χ1n) is 11.9. The van der Waals surface area contributed by atoms with Gasteiger partial charge in [-0.3, -0.25) is 9.59 Å². The lowest BCUT2D eigenvalue weighted by Gasteiger charge is -2.32. The minimum atomic E-state index is -0.672. The lowest BCUT2D eigenvalue weighted by molar-refractivity contribution is -0.143. The van der Waals surface area contributed by atoms with Gasteiger partial charge in [-0.2, -0.15) is 0 Å². The van der Waals surface area contributed by atoms with E-state index < -0.39 is 6.04 Å². The zero-order valence-electron chi connectivity index (χ0n) is 20.5. The number of hydrogen-bond acceptors (Lipinski definition) is 3. The van der Waals surface area contributed by atoms with E-state index in [1.807, 2.05) is 99.6 Å². The monoisotopic (exact) mass is 536 g/mol. The molecule has 184 valence electrons. The highest BCUT2D eigenvalue weighted by atomic mass is 79.9. The fourth-order valence-electron chi connectivity index (χ4n) is 3.71. The highest BCUT2D eigenvalue weighted by Gasteiger charge is 2.31. The maximum absolute atomic E-state index is 13.6. The summed E-state index contributed by atoms with van der Waals surface area (Å²) in [6.45, 7) is 6.12. The van der Waals surface area contributed by atoms with Crippen molar-refractivity contribution in [2.24, 2.45) is 0 Å². The van der Waals surface area contributed by atoms with Crippen molar-refractivity contribution in [3.05, 3.63) is 100 Å². The minimum Gasteiger partial charge on any atom is -0.484 e. The van der Waals surface area contributed by atoms with E-state index in [0.717, 1.165) is 27.6 Å². The summed E-state index contributed by atoms with van der Waals surface area (Å²) < 4.78 is 6.84. The summed E-state index contributed by atoms with van der Waals surface area (Å²) in [5.41, 5.74) is 2.97. The summed E-state index contributed by atoms with van der Waals surface area (Å²) in [4.78, 5) is 28.7. The van der Waals surface area contributed by atoms with E-state index in [1.54, 1.807) is 4.90 Å². The fourth-order valence-corrected chi connectivity index (χ4v) is 3.96. The Balaban J connectivity index is 1.89. The number of carbonyl (C=O) groups excluding carboxylic acids is 2. The predicted molar refractivity (Wildman–Crippen MR) is 143 cm³/mol. The highest BCUT2D eigenvalue weighted by Crippen LogP contribution is 2.22. The van der Waals surface area contributed by atoms with Crippen LogP contribution in [-0.2, 0) is 22.6 Å². The van der Waals surface area contributed by atoms with Gasteiger partial charge >= 0.3 is 0 Å². The SMILES string of the molecule is CC[C@@H](C)NC(=O)[C@H](Cc1ccccc1)N(Cc1ccccc1)C(=O)COc1ccc(Br)c(C)c1. The van der Waals surface area contributed by atoms with Gasteiger partial charge in [0.1, 0.15) is 11.8 Å². The predicted octanol–water partition coefficient (Wildman–Crippen LogP) is 5.69. The second kappa shape index (κ2) is 13.1. The van der Waals surface area contributed by atoms with Crippen molar-refractivity contribution in [3.63, 3.8) is 0 Å². The molecule has 3 rings (SSSR count). The van der Waals surface area contributed by atoms with Crippen molar-refractivity contribution in [1.82, 2.24) is 10.2 Å². The Morgan fingerprint density at radius 2 is 1.60 bits per heavy atom. The van der Waals surface area contributed by atoms with Crippen LogP contribution in [0.4, 0.5) is 0 Å². The molecule has 0 radical (unpaired) electrons. The van der Waals surface area contributed by atoms with Crippen molar-refractivity contribution in [3.8, 4) is 5.75 Å². The number of benzene rings is 3. The number of hydrogen-bond donors (Lipinski definition) is 1. The molecule has 5 nitrogen and oxygen atoms in total. The molecule has 0 unspecified atom stereocenters. The van der Waals surface area contributed by atoms with E-state index in [4.69, 9.17) is 4.74 Å². The van der Waals surface area contributed by atoms with Crippen LogP contribution < -0.4 is 10.1 Å². The lowest BCUT2D eigenvalue weighted by Crippen LogP contribution is -2.53. The third-order valence-electron chi connectivity index (χ3n) is 5.96. The molecule has 0 aliphatic heterocycles. The number of carbonyl (C=O) groups is 2. The molecule has 0 bridgehead atoms. The molecule has 0 spiro atoms. The van der Waals surface area contributed by atoms with E-state index in [0.29, 0.717) is 18.7 Å². The van der Waals surface area contributed by atoms with Crippen molar-refractivity contribution < 1.29 is 14.3 Å². The molecule has 0 aliphatic rings. The van der Waals surface area contributed by atoms with E-state index in [9.17, 15) is 9.59 Å². The van der Waals surface area contributed by atoms with Gasteiger partial charge in [0.2, 0.25) is 5.91 Å². The smallest absolute Gasteiger partial charge is 0.261 e. The van der Waals surface area contributed by atoms with E-state index >= 15 is 0 Å². The van der Waals surface area contributed by atoms with Gasteiger partial charge < -0.3 is 15.0 Å². The van der Waals surface area contributed by atoms with Crippen molar-refractivity contribution in [1.29, 1.82) is 0 Å². The van der Waals surface area contributed by atoms with Gasteiger partial charge in [0, 0.05) is 23.5 Å². The van der Waals surface area contributed by atoms with E-state index in [1.165, 1.54) is 0 Å². The third-order valence-corrected chi connectivity index (χ3v) is 6.85. The maximum atomic E-state index is 13.6. The maximum Gasteiger partial charge on any atom is 0.261 e. The van der Waals surface area contributed by atoms with Crippen LogP contribution in [0, 0.1) is 6.92 Å². The standard InChI is InChI=1S/C29H33BrN2O3/c1-4-22(3)31-29(34)27(18-23-11-7-5-8-12-23)32(19-24-13-9-6-10-14-24)28(33)20-35-25-15-16-26(30)21(2)17-25/h5-17,22,27H,4,18-20H2,1-3H3,(H,31,34)/t22-,27+/m1/s1. The van der Waals surface area contributed by atoms with Gasteiger partial charge in [-0.1, -0.05) is 83.5 Å². The van der Waals surface area contributed by atoms with Crippen LogP contribution in [0.5, 0.6) is 5.75 Å². The largest absolute Gasteiger partial charge is 0.484 e. The molecule has 6 heteroatoms. The van der Waals surface area contributed by atoms with Crippen LogP contribution in [0.25, 0.3) is 0 Å². The molecule has 0 saturated carbocycles. The van der Waals surface area contributed by atoms with E-state index in [-0.39, 0.29) is 24.5 Å². The molecule has 35 heavy (non-hydrogen) atoms. The molecular weight excluding hydrogens is 504 g/mol. The van der Waals surface area contributed by atoms with Crippen LogP contribution in [0.1, 0.15) is 37.0 Å². The first-order chi connectivity index (χ1) is 16.9. The number of halogens is 1.